The fourth-order valence-corrected chi connectivity index (χ4v) is 4.64. The van der Waals surface area contributed by atoms with Crippen molar-refractivity contribution in [1.29, 1.82) is 0 Å². The Balaban J connectivity index is 1.25. The first-order chi connectivity index (χ1) is 12.3. The highest BCUT2D eigenvalue weighted by Gasteiger charge is 2.29. The van der Waals surface area contributed by atoms with Crippen LogP contribution in [0.3, 0.4) is 0 Å². The zero-order valence-corrected chi connectivity index (χ0v) is 15.2. The van der Waals surface area contributed by atoms with Gasteiger partial charge in [-0.05, 0) is 31.0 Å². The van der Waals surface area contributed by atoms with Gasteiger partial charge in [0.1, 0.15) is 16.9 Å². The van der Waals surface area contributed by atoms with E-state index < -0.39 is 0 Å². The number of hydrogen-bond acceptors (Lipinski definition) is 5. The molecule has 1 aliphatic heterocycles. The summed E-state index contributed by atoms with van der Waals surface area (Å²) in [6.45, 7) is 1.99. The summed E-state index contributed by atoms with van der Waals surface area (Å²) in [4.78, 5) is 2.37. The first-order valence-corrected chi connectivity index (χ1v) is 9.88. The molecule has 130 valence electrons. The minimum absolute atomic E-state index is 0.276. The number of hydrogen-bond donors (Lipinski definition) is 0. The van der Waals surface area contributed by atoms with Crippen LogP contribution in [0.4, 0.5) is 5.13 Å². The van der Waals surface area contributed by atoms with E-state index in [1.54, 1.807) is 11.3 Å². The highest BCUT2D eigenvalue weighted by atomic mass is 32.1. The lowest BCUT2D eigenvalue weighted by Crippen LogP contribution is -2.38. The van der Waals surface area contributed by atoms with Crippen LogP contribution in [0.1, 0.15) is 36.6 Å². The van der Waals surface area contributed by atoms with E-state index in [9.17, 15) is 0 Å². The summed E-state index contributed by atoms with van der Waals surface area (Å²) in [7, 11) is 2.07. The number of rotatable bonds is 4. The quantitative estimate of drug-likeness (QED) is 0.711. The largest absolute Gasteiger partial charge is 0.490 e. The molecule has 6 heteroatoms. The van der Waals surface area contributed by atoms with Crippen LogP contribution in [-0.4, -0.2) is 34.0 Å². The van der Waals surface area contributed by atoms with Gasteiger partial charge in [-0.3, -0.25) is 0 Å². The van der Waals surface area contributed by atoms with Crippen LogP contribution in [0.15, 0.2) is 30.5 Å². The van der Waals surface area contributed by atoms with Crippen LogP contribution in [0, 0.1) is 0 Å². The molecule has 2 fully saturated rings. The van der Waals surface area contributed by atoms with Crippen LogP contribution >= 0.6 is 11.3 Å². The Morgan fingerprint density at radius 2 is 1.92 bits per heavy atom. The monoisotopic (exact) mass is 354 g/mol. The van der Waals surface area contributed by atoms with Crippen molar-refractivity contribution in [2.24, 2.45) is 7.05 Å². The number of piperidine rings is 1. The second-order valence-corrected chi connectivity index (χ2v) is 8.10. The Hall–Kier alpha value is -2.08. The van der Waals surface area contributed by atoms with Gasteiger partial charge in [-0.1, -0.05) is 17.4 Å². The van der Waals surface area contributed by atoms with Gasteiger partial charge in [0, 0.05) is 50.5 Å². The van der Waals surface area contributed by atoms with Gasteiger partial charge in [-0.2, -0.15) is 0 Å². The first-order valence-electron chi connectivity index (χ1n) is 9.07. The molecule has 0 bridgehead atoms. The standard InChI is InChI=1S/C19H22N4OS/c1-22-10-9-15-16(22)3-2-4-17(15)24-14-7-11-23(12-8-14)19-21-20-18(25-19)13-5-6-13/h2-4,9-10,13-14H,5-8,11-12H2,1H3. The van der Waals surface area contributed by atoms with Gasteiger partial charge in [0.05, 0.1) is 5.52 Å². The van der Waals surface area contributed by atoms with E-state index in [-0.39, 0.29) is 6.10 Å². The Bertz CT molecular complexity index is 890. The molecule has 0 unspecified atom stereocenters. The van der Waals surface area contributed by atoms with Crippen LogP contribution in [0.25, 0.3) is 10.9 Å². The smallest absolute Gasteiger partial charge is 0.208 e. The van der Waals surface area contributed by atoms with Gasteiger partial charge in [-0.25, -0.2) is 0 Å². The van der Waals surface area contributed by atoms with E-state index in [1.807, 2.05) is 0 Å². The molecule has 1 saturated carbocycles. The Morgan fingerprint density at radius 3 is 2.72 bits per heavy atom. The van der Waals surface area contributed by atoms with Gasteiger partial charge in [-0.15, -0.1) is 10.2 Å². The molecule has 2 aliphatic rings. The van der Waals surface area contributed by atoms with Gasteiger partial charge in [0.15, 0.2) is 0 Å². The molecule has 1 saturated heterocycles. The van der Waals surface area contributed by atoms with E-state index in [0.29, 0.717) is 5.92 Å². The van der Waals surface area contributed by atoms with Gasteiger partial charge in [0.2, 0.25) is 5.13 Å². The summed E-state index contributed by atoms with van der Waals surface area (Å²) in [5, 5.41) is 12.3. The summed E-state index contributed by atoms with van der Waals surface area (Å²) in [6, 6.07) is 8.44. The maximum absolute atomic E-state index is 6.35. The van der Waals surface area contributed by atoms with Crippen molar-refractivity contribution in [2.45, 2.75) is 37.7 Å². The molecule has 3 aromatic rings. The minimum atomic E-state index is 0.276. The van der Waals surface area contributed by atoms with Crippen molar-refractivity contribution >= 4 is 27.4 Å². The third-order valence-electron chi connectivity index (χ3n) is 5.25. The molecule has 5 nitrogen and oxygen atoms in total. The summed E-state index contributed by atoms with van der Waals surface area (Å²) in [5.41, 5.74) is 1.22. The lowest BCUT2D eigenvalue weighted by Gasteiger charge is -2.31. The minimum Gasteiger partial charge on any atom is -0.490 e. The molecule has 1 aromatic carbocycles. The molecule has 5 rings (SSSR count). The third-order valence-corrected chi connectivity index (χ3v) is 6.40. The third kappa shape index (κ3) is 2.88. The molecule has 0 spiro atoms. The molecular weight excluding hydrogens is 332 g/mol. The van der Waals surface area contributed by atoms with Crippen LogP contribution in [-0.2, 0) is 7.05 Å². The molecular formula is C19H22N4OS. The zero-order valence-electron chi connectivity index (χ0n) is 14.4. The van der Waals surface area contributed by atoms with Crippen LogP contribution < -0.4 is 9.64 Å². The second-order valence-electron chi connectivity index (χ2n) is 7.12. The van der Waals surface area contributed by atoms with Crippen molar-refractivity contribution in [3.05, 3.63) is 35.5 Å². The fraction of sp³-hybridized carbons (Fsp3) is 0.474. The topological polar surface area (TPSA) is 43.2 Å². The fourth-order valence-electron chi connectivity index (χ4n) is 3.57. The van der Waals surface area contributed by atoms with E-state index in [4.69, 9.17) is 4.74 Å². The second kappa shape index (κ2) is 6.02. The van der Waals surface area contributed by atoms with E-state index in [2.05, 4.69) is 57.2 Å². The number of nitrogens with zero attached hydrogens (tertiary/aromatic N) is 4. The van der Waals surface area contributed by atoms with Crippen LogP contribution in [0.5, 0.6) is 5.75 Å². The van der Waals surface area contributed by atoms with E-state index in [1.165, 1.54) is 28.8 Å². The first kappa shape index (κ1) is 15.2. The Morgan fingerprint density at radius 1 is 1.08 bits per heavy atom. The van der Waals surface area contributed by atoms with Crippen LogP contribution in [0.2, 0.25) is 0 Å². The predicted molar refractivity (Wildman–Crippen MR) is 101 cm³/mol. The average molecular weight is 354 g/mol. The number of aromatic nitrogens is 3. The summed E-state index contributed by atoms with van der Waals surface area (Å²) in [5.74, 6) is 1.70. The molecule has 2 aromatic heterocycles. The maximum atomic E-state index is 6.35. The highest BCUT2D eigenvalue weighted by Crippen LogP contribution is 2.42. The van der Waals surface area contributed by atoms with Gasteiger partial charge in [0.25, 0.3) is 0 Å². The number of anilines is 1. The highest BCUT2D eigenvalue weighted by molar-refractivity contribution is 7.15. The summed E-state index contributed by atoms with van der Waals surface area (Å²) in [6.07, 6.45) is 7.00. The molecule has 0 atom stereocenters. The summed E-state index contributed by atoms with van der Waals surface area (Å²) >= 11 is 1.78. The molecule has 25 heavy (non-hydrogen) atoms. The van der Waals surface area contributed by atoms with Gasteiger partial charge < -0.3 is 14.2 Å². The number of fused-ring (bicyclic) bond motifs is 1. The lowest BCUT2D eigenvalue weighted by atomic mass is 10.1. The predicted octanol–water partition coefficient (Wildman–Crippen LogP) is 3.96. The normalized spacial score (nSPS) is 18.8. The zero-order chi connectivity index (χ0) is 16.8. The van der Waals surface area contributed by atoms with Crippen molar-refractivity contribution in [1.82, 2.24) is 14.8 Å². The van der Waals surface area contributed by atoms with E-state index >= 15 is 0 Å². The lowest BCUT2D eigenvalue weighted by molar-refractivity contribution is 0.173. The van der Waals surface area contributed by atoms with Crippen molar-refractivity contribution in [2.75, 3.05) is 18.0 Å². The molecule has 3 heterocycles. The summed E-state index contributed by atoms with van der Waals surface area (Å²) < 4.78 is 8.48. The average Bonchev–Trinajstić information content (AvgIpc) is 3.25. The molecule has 0 N–H and O–H groups in total. The van der Waals surface area contributed by atoms with Crippen molar-refractivity contribution in [3.8, 4) is 5.75 Å². The van der Waals surface area contributed by atoms with Crippen molar-refractivity contribution in [3.63, 3.8) is 0 Å². The SMILES string of the molecule is Cn1ccc2c(OC3CCN(c4nnc(C5CC5)s4)CC3)cccc21. The number of ether oxygens (including phenoxy) is 1. The Kier molecular flexibility index (Phi) is 3.66. The number of aryl methyl sites for hydroxylation is 1. The molecule has 0 radical (unpaired) electrons. The van der Waals surface area contributed by atoms with Gasteiger partial charge >= 0.3 is 0 Å². The molecule has 0 amide bonds. The molecule has 1 aliphatic carbocycles. The van der Waals surface area contributed by atoms with Crippen molar-refractivity contribution < 1.29 is 4.74 Å². The maximum Gasteiger partial charge on any atom is 0.208 e. The van der Waals surface area contributed by atoms with E-state index in [0.717, 1.165) is 36.8 Å². The Labute approximate surface area is 151 Å². The number of benzene rings is 1.